The van der Waals surface area contributed by atoms with Crippen LogP contribution < -0.4 is 5.32 Å². The molecule has 1 aromatic rings. The fraction of sp³-hybridized carbons (Fsp3) is 0.750. The van der Waals surface area contributed by atoms with Crippen LogP contribution in [0.4, 0.5) is 5.82 Å². The lowest BCUT2D eigenvalue weighted by Crippen LogP contribution is -2.54. The van der Waals surface area contributed by atoms with E-state index in [1.165, 1.54) is 25.9 Å². The Labute approximate surface area is 127 Å². The number of hydrogen-bond donors (Lipinski definition) is 1. The van der Waals surface area contributed by atoms with Gasteiger partial charge in [-0.1, -0.05) is 0 Å². The number of rotatable bonds is 4. The van der Waals surface area contributed by atoms with E-state index < -0.39 is 0 Å². The van der Waals surface area contributed by atoms with Crippen molar-refractivity contribution in [2.75, 3.05) is 31.5 Å². The average molecular weight is 289 g/mol. The molecule has 0 aromatic carbocycles. The van der Waals surface area contributed by atoms with E-state index in [2.05, 4.69) is 38.9 Å². The van der Waals surface area contributed by atoms with Crippen molar-refractivity contribution in [3.63, 3.8) is 0 Å². The third-order valence-electron chi connectivity index (χ3n) is 4.67. The maximum atomic E-state index is 4.66. The van der Waals surface area contributed by atoms with Crippen LogP contribution in [-0.2, 0) is 6.54 Å². The van der Waals surface area contributed by atoms with E-state index in [-0.39, 0.29) is 0 Å². The quantitative estimate of drug-likeness (QED) is 0.917. The van der Waals surface area contributed by atoms with E-state index >= 15 is 0 Å². The predicted octanol–water partition coefficient (Wildman–Crippen LogP) is 1.89. The smallest absolute Gasteiger partial charge is 0.144 e. The van der Waals surface area contributed by atoms with Crippen LogP contribution in [0.15, 0.2) is 6.07 Å². The van der Waals surface area contributed by atoms with Crippen molar-refractivity contribution in [2.24, 2.45) is 0 Å². The molecule has 0 spiro atoms. The van der Waals surface area contributed by atoms with Crippen LogP contribution in [0.1, 0.15) is 38.2 Å². The summed E-state index contributed by atoms with van der Waals surface area (Å²) in [6, 6.07) is 3.36. The Kier molecular flexibility index (Phi) is 4.40. The predicted molar refractivity (Wildman–Crippen MR) is 85.4 cm³/mol. The van der Waals surface area contributed by atoms with Gasteiger partial charge in [-0.3, -0.25) is 9.80 Å². The van der Waals surface area contributed by atoms with Gasteiger partial charge in [-0.15, -0.1) is 0 Å². The van der Waals surface area contributed by atoms with E-state index in [4.69, 9.17) is 0 Å². The van der Waals surface area contributed by atoms with Gasteiger partial charge < -0.3 is 5.32 Å². The summed E-state index contributed by atoms with van der Waals surface area (Å²) in [5.74, 6) is 1.90. The SMILES string of the molecule is CCNc1cc(C)nc(CN2CC3CCCN3CC2C)n1. The molecule has 1 aromatic heterocycles. The molecular formula is C16H27N5. The summed E-state index contributed by atoms with van der Waals surface area (Å²) < 4.78 is 0. The molecule has 2 fully saturated rings. The summed E-state index contributed by atoms with van der Waals surface area (Å²) in [6.45, 7) is 11.9. The van der Waals surface area contributed by atoms with Gasteiger partial charge in [-0.25, -0.2) is 9.97 Å². The van der Waals surface area contributed by atoms with Crippen molar-refractivity contribution in [3.05, 3.63) is 17.6 Å². The van der Waals surface area contributed by atoms with Crippen LogP contribution in [0.2, 0.25) is 0 Å². The number of piperazine rings is 1. The highest BCUT2D eigenvalue weighted by Crippen LogP contribution is 2.25. The van der Waals surface area contributed by atoms with Crippen molar-refractivity contribution in [1.29, 1.82) is 0 Å². The summed E-state index contributed by atoms with van der Waals surface area (Å²) in [7, 11) is 0. The lowest BCUT2D eigenvalue weighted by atomic mass is 10.1. The van der Waals surface area contributed by atoms with Crippen LogP contribution in [-0.4, -0.2) is 58.0 Å². The Morgan fingerprint density at radius 3 is 3.00 bits per heavy atom. The number of hydrogen-bond acceptors (Lipinski definition) is 5. The first-order valence-corrected chi connectivity index (χ1v) is 8.22. The lowest BCUT2D eigenvalue weighted by Gasteiger charge is -2.42. The molecule has 3 rings (SSSR count). The lowest BCUT2D eigenvalue weighted by molar-refractivity contribution is 0.0522. The van der Waals surface area contributed by atoms with Crippen LogP contribution in [0.3, 0.4) is 0 Å². The Hall–Kier alpha value is -1.20. The first kappa shape index (κ1) is 14.7. The van der Waals surface area contributed by atoms with Crippen LogP contribution in [0.5, 0.6) is 0 Å². The molecule has 2 unspecified atom stereocenters. The second-order valence-corrected chi connectivity index (χ2v) is 6.41. The molecule has 21 heavy (non-hydrogen) atoms. The summed E-state index contributed by atoms with van der Waals surface area (Å²) >= 11 is 0. The Morgan fingerprint density at radius 1 is 1.33 bits per heavy atom. The number of fused-ring (bicyclic) bond motifs is 1. The molecular weight excluding hydrogens is 262 g/mol. The fourth-order valence-electron chi connectivity index (χ4n) is 3.62. The van der Waals surface area contributed by atoms with Crippen molar-refractivity contribution in [1.82, 2.24) is 19.8 Å². The molecule has 116 valence electrons. The summed E-state index contributed by atoms with van der Waals surface area (Å²) in [5.41, 5.74) is 1.04. The second kappa shape index (κ2) is 6.28. The molecule has 0 saturated carbocycles. The zero-order chi connectivity index (χ0) is 14.8. The molecule has 5 nitrogen and oxygen atoms in total. The Balaban J connectivity index is 1.70. The molecule has 0 radical (unpaired) electrons. The zero-order valence-corrected chi connectivity index (χ0v) is 13.5. The molecule has 0 bridgehead atoms. The van der Waals surface area contributed by atoms with Crippen molar-refractivity contribution in [2.45, 2.75) is 52.2 Å². The van der Waals surface area contributed by atoms with Crippen LogP contribution in [0.25, 0.3) is 0 Å². The topological polar surface area (TPSA) is 44.3 Å². The number of anilines is 1. The number of nitrogens with zero attached hydrogens (tertiary/aromatic N) is 4. The highest BCUT2D eigenvalue weighted by atomic mass is 15.3. The number of aryl methyl sites for hydroxylation is 1. The zero-order valence-electron chi connectivity index (χ0n) is 13.5. The third kappa shape index (κ3) is 3.35. The van der Waals surface area contributed by atoms with E-state index in [0.717, 1.165) is 43.0 Å². The minimum absolute atomic E-state index is 0.589. The van der Waals surface area contributed by atoms with Crippen LogP contribution in [0, 0.1) is 6.92 Å². The Morgan fingerprint density at radius 2 is 2.19 bits per heavy atom. The monoisotopic (exact) mass is 289 g/mol. The van der Waals surface area contributed by atoms with Crippen molar-refractivity contribution < 1.29 is 0 Å². The number of nitrogens with one attached hydrogen (secondary N) is 1. The standard InChI is InChI=1S/C16H27N5/c1-4-17-15-8-12(2)18-16(19-15)11-21-10-14-6-5-7-20(14)9-13(21)3/h8,13-14H,4-7,9-11H2,1-3H3,(H,17,18,19). The highest BCUT2D eigenvalue weighted by Gasteiger charge is 2.34. The Bertz CT molecular complexity index is 490. The molecule has 0 amide bonds. The van der Waals surface area contributed by atoms with Gasteiger partial charge in [0.15, 0.2) is 0 Å². The van der Waals surface area contributed by atoms with Crippen molar-refractivity contribution >= 4 is 5.82 Å². The molecule has 1 N–H and O–H groups in total. The van der Waals surface area contributed by atoms with Gasteiger partial charge in [0.25, 0.3) is 0 Å². The van der Waals surface area contributed by atoms with Crippen LogP contribution >= 0.6 is 0 Å². The molecule has 2 aliphatic rings. The fourth-order valence-corrected chi connectivity index (χ4v) is 3.62. The average Bonchev–Trinajstić information content (AvgIpc) is 2.86. The van der Waals surface area contributed by atoms with Gasteiger partial charge in [0.2, 0.25) is 0 Å². The van der Waals surface area contributed by atoms with E-state index in [1.54, 1.807) is 0 Å². The van der Waals surface area contributed by atoms with Crippen molar-refractivity contribution in [3.8, 4) is 0 Å². The summed E-state index contributed by atoms with van der Waals surface area (Å²) in [4.78, 5) is 14.5. The van der Waals surface area contributed by atoms with E-state index in [0.29, 0.717) is 6.04 Å². The molecule has 3 heterocycles. The van der Waals surface area contributed by atoms with Gasteiger partial charge in [-0.05, 0) is 40.2 Å². The van der Waals surface area contributed by atoms with E-state index in [1.807, 2.05) is 13.0 Å². The van der Waals surface area contributed by atoms with Gasteiger partial charge in [0.1, 0.15) is 11.6 Å². The maximum absolute atomic E-state index is 4.66. The number of aromatic nitrogens is 2. The summed E-state index contributed by atoms with van der Waals surface area (Å²) in [5, 5.41) is 3.30. The van der Waals surface area contributed by atoms with Gasteiger partial charge in [0, 0.05) is 43.5 Å². The molecule has 0 aliphatic carbocycles. The first-order chi connectivity index (χ1) is 10.2. The molecule has 5 heteroatoms. The maximum Gasteiger partial charge on any atom is 0.144 e. The largest absolute Gasteiger partial charge is 0.370 e. The minimum atomic E-state index is 0.589. The van der Waals surface area contributed by atoms with Gasteiger partial charge >= 0.3 is 0 Å². The minimum Gasteiger partial charge on any atom is -0.370 e. The highest BCUT2D eigenvalue weighted by molar-refractivity contribution is 5.35. The van der Waals surface area contributed by atoms with E-state index in [9.17, 15) is 0 Å². The normalized spacial score (nSPS) is 26.8. The third-order valence-corrected chi connectivity index (χ3v) is 4.67. The molecule has 2 aliphatic heterocycles. The van der Waals surface area contributed by atoms with Gasteiger partial charge in [0.05, 0.1) is 6.54 Å². The van der Waals surface area contributed by atoms with Gasteiger partial charge in [-0.2, -0.15) is 0 Å². The molecule has 2 atom stereocenters. The first-order valence-electron chi connectivity index (χ1n) is 8.22. The molecule has 2 saturated heterocycles. The summed E-state index contributed by atoms with van der Waals surface area (Å²) in [6.07, 6.45) is 2.71. The second-order valence-electron chi connectivity index (χ2n) is 6.41.